The van der Waals surface area contributed by atoms with Crippen molar-refractivity contribution in [1.82, 2.24) is 0 Å². The van der Waals surface area contributed by atoms with Gasteiger partial charge in [0.05, 0.1) is 12.3 Å². The van der Waals surface area contributed by atoms with Crippen LogP contribution in [0.1, 0.15) is 25.3 Å². The zero-order valence-electron chi connectivity index (χ0n) is 14.9. The Kier molecular flexibility index (Phi) is 6.87. The van der Waals surface area contributed by atoms with Gasteiger partial charge in [-0.15, -0.1) is 0 Å². The molecule has 0 atom stereocenters. The predicted octanol–water partition coefficient (Wildman–Crippen LogP) is 3.88. The topological polar surface area (TPSA) is 88.4 Å². The molecule has 2 rings (SSSR count). The Bertz CT molecular complexity index is 889. The summed E-state index contributed by atoms with van der Waals surface area (Å²) >= 11 is 0. The van der Waals surface area contributed by atoms with Crippen LogP contribution in [0.5, 0.6) is 11.5 Å². The molecule has 0 aliphatic rings. The van der Waals surface area contributed by atoms with Gasteiger partial charge in [0.15, 0.2) is 6.61 Å². The molecular weight excluding hydrogens is 352 g/mol. The van der Waals surface area contributed by atoms with E-state index in [1.807, 2.05) is 19.9 Å². The van der Waals surface area contributed by atoms with E-state index in [2.05, 4.69) is 4.72 Å². The molecule has 0 bridgehead atoms. The molecule has 26 heavy (non-hydrogen) atoms. The fourth-order valence-corrected chi connectivity index (χ4v) is 3.52. The highest BCUT2D eigenvalue weighted by Crippen LogP contribution is 2.28. The number of aryl methyl sites for hydroxylation is 1. The number of benzene rings is 2. The molecule has 0 saturated heterocycles. The van der Waals surface area contributed by atoms with Gasteiger partial charge in [-0.1, -0.05) is 25.5 Å². The van der Waals surface area contributed by atoms with E-state index in [-0.39, 0.29) is 11.5 Å². The first-order valence-corrected chi connectivity index (χ1v) is 9.80. The van der Waals surface area contributed by atoms with Gasteiger partial charge in [-0.05, 0) is 43.2 Å². The van der Waals surface area contributed by atoms with Crippen molar-refractivity contribution in [2.75, 3.05) is 17.9 Å². The molecule has 0 amide bonds. The van der Waals surface area contributed by atoms with Gasteiger partial charge in [-0.25, -0.2) is 8.42 Å². The average Bonchev–Trinajstić information content (AvgIpc) is 2.59. The number of unbranched alkanes of at least 4 members (excludes halogenated alkanes) is 1. The first kappa shape index (κ1) is 19.6. The number of hydrogen-bond donors (Lipinski definition) is 1. The van der Waals surface area contributed by atoms with E-state index in [1.54, 1.807) is 36.4 Å². The van der Waals surface area contributed by atoms with E-state index in [9.17, 15) is 8.42 Å². The fraction of sp³-hybridized carbons (Fsp3) is 0.316. The maximum atomic E-state index is 12.8. The molecule has 0 unspecified atom stereocenters. The first-order chi connectivity index (χ1) is 12.5. The standard InChI is InChI=1S/C19H22N2O4S/c1-3-4-10-25-18-7-5-6-8-19(18)26(22,23)21-16-12-15(2)13-17(14-16)24-11-9-20/h5-8,12-14,21H,3-4,10-11H2,1-2H3. The third-order valence-corrected chi connectivity index (χ3v) is 4.92. The monoisotopic (exact) mass is 374 g/mol. The normalized spacial score (nSPS) is 10.8. The third kappa shape index (κ3) is 5.39. The second-order valence-electron chi connectivity index (χ2n) is 5.74. The highest BCUT2D eigenvalue weighted by molar-refractivity contribution is 7.92. The summed E-state index contributed by atoms with van der Waals surface area (Å²) in [5.41, 5.74) is 1.17. The molecule has 0 fully saturated rings. The minimum Gasteiger partial charge on any atom is -0.492 e. The molecule has 0 aliphatic carbocycles. The van der Waals surface area contributed by atoms with Gasteiger partial charge in [-0.3, -0.25) is 4.72 Å². The van der Waals surface area contributed by atoms with Crippen molar-refractivity contribution in [3.63, 3.8) is 0 Å². The van der Waals surface area contributed by atoms with Crippen molar-refractivity contribution in [3.8, 4) is 17.6 Å². The molecule has 2 aromatic carbocycles. The Balaban J connectivity index is 2.26. The summed E-state index contributed by atoms with van der Waals surface area (Å²) in [6.07, 6.45) is 1.81. The van der Waals surface area contributed by atoms with E-state index >= 15 is 0 Å². The summed E-state index contributed by atoms with van der Waals surface area (Å²) in [7, 11) is -3.83. The molecular formula is C19H22N2O4S. The largest absolute Gasteiger partial charge is 0.492 e. The van der Waals surface area contributed by atoms with E-state index in [4.69, 9.17) is 14.7 Å². The Hall–Kier alpha value is -2.72. The number of para-hydroxylation sites is 1. The van der Waals surface area contributed by atoms with Crippen molar-refractivity contribution in [1.29, 1.82) is 5.26 Å². The van der Waals surface area contributed by atoms with E-state index in [1.165, 1.54) is 6.07 Å². The zero-order valence-corrected chi connectivity index (χ0v) is 15.7. The number of ether oxygens (including phenoxy) is 2. The third-order valence-electron chi connectivity index (χ3n) is 3.50. The number of nitrogens with one attached hydrogen (secondary N) is 1. The van der Waals surface area contributed by atoms with Crippen molar-refractivity contribution in [3.05, 3.63) is 48.0 Å². The highest BCUT2D eigenvalue weighted by Gasteiger charge is 2.20. The van der Waals surface area contributed by atoms with Crippen LogP contribution in [0, 0.1) is 18.3 Å². The quantitative estimate of drug-likeness (QED) is 0.673. The molecule has 138 valence electrons. The molecule has 2 aromatic rings. The summed E-state index contributed by atoms with van der Waals surface area (Å²) < 4.78 is 39.1. The van der Waals surface area contributed by atoms with E-state index in [0.29, 0.717) is 23.8 Å². The van der Waals surface area contributed by atoms with Gasteiger partial charge < -0.3 is 9.47 Å². The predicted molar refractivity (Wildman–Crippen MR) is 99.9 cm³/mol. The Morgan fingerprint density at radius 3 is 2.65 bits per heavy atom. The summed E-state index contributed by atoms with van der Waals surface area (Å²) in [5, 5.41) is 8.62. The van der Waals surface area contributed by atoms with Crippen LogP contribution in [0.25, 0.3) is 0 Å². The van der Waals surface area contributed by atoms with Crippen LogP contribution in [-0.4, -0.2) is 21.6 Å². The average molecular weight is 374 g/mol. The molecule has 6 nitrogen and oxygen atoms in total. The van der Waals surface area contributed by atoms with Crippen molar-refractivity contribution in [2.24, 2.45) is 0 Å². The Labute approximate surface area is 154 Å². The lowest BCUT2D eigenvalue weighted by atomic mass is 10.2. The zero-order chi connectivity index (χ0) is 19.0. The van der Waals surface area contributed by atoms with Crippen LogP contribution in [-0.2, 0) is 10.0 Å². The summed E-state index contributed by atoms with van der Waals surface area (Å²) in [5.74, 6) is 0.749. The number of sulfonamides is 1. The van der Waals surface area contributed by atoms with E-state index in [0.717, 1.165) is 18.4 Å². The maximum Gasteiger partial charge on any atom is 0.265 e. The van der Waals surface area contributed by atoms with Crippen LogP contribution < -0.4 is 14.2 Å². The maximum absolute atomic E-state index is 12.8. The number of anilines is 1. The summed E-state index contributed by atoms with van der Waals surface area (Å²) in [6, 6.07) is 13.4. The molecule has 0 heterocycles. The molecule has 0 aromatic heterocycles. The minimum absolute atomic E-state index is 0.0807. The Morgan fingerprint density at radius 2 is 1.92 bits per heavy atom. The van der Waals surface area contributed by atoms with Crippen molar-refractivity contribution < 1.29 is 17.9 Å². The highest BCUT2D eigenvalue weighted by atomic mass is 32.2. The molecule has 0 aliphatic heterocycles. The number of nitrogens with zero attached hydrogens (tertiary/aromatic N) is 1. The fourth-order valence-electron chi connectivity index (χ4n) is 2.33. The van der Waals surface area contributed by atoms with Crippen LogP contribution in [0.15, 0.2) is 47.4 Å². The number of hydrogen-bond acceptors (Lipinski definition) is 5. The lowest BCUT2D eigenvalue weighted by Crippen LogP contribution is -2.15. The van der Waals surface area contributed by atoms with Gasteiger partial charge >= 0.3 is 0 Å². The number of nitriles is 1. The van der Waals surface area contributed by atoms with Crippen LogP contribution in [0.2, 0.25) is 0 Å². The molecule has 0 saturated carbocycles. The van der Waals surface area contributed by atoms with Crippen LogP contribution in [0.3, 0.4) is 0 Å². The second-order valence-corrected chi connectivity index (χ2v) is 7.39. The second kappa shape index (κ2) is 9.11. The van der Waals surface area contributed by atoms with Gasteiger partial charge in [0.25, 0.3) is 10.0 Å². The lowest BCUT2D eigenvalue weighted by molar-refractivity contribution is 0.301. The smallest absolute Gasteiger partial charge is 0.265 e. The molecule has 7 heteroatoms. The van der Waals surface area contributed by atoms with Crippen molar-refractivity contribution in [2.45, 2.75) is 31.6 Å². The summed E-state index contributed by atoms with van der Waals surface area (Å²) in [6.45, 7) is 4.21. The molecule has 1 N–H and O–H groups in total. The first-order valence-electron chi connectivity index (χ1n) is 8.32. The Morgan fingerprint density at radius 1 is 1.15 bits per heavy atom. The van der Waals surface area contributed by atoms with Gasteiger partial charge in [0.2, 0.25) is 0 Å². The van der Waals surface area contributed by atoms with Gasteiger partial charge in [0, 0.05) is 6.07 Å². The SMILES string of the molecule is CCCCOc1ccccc1S(=O)(=O)Nc1cc(C)cc(OCC#N)c1. The lowest BCUT2D eigenvalue weighted by Gasteiger charge is -2.14. The summed E-state index contributed by atoms with van der Waals surface area (Å²) in [4.78, 5) is 0.0807. The minimum atomic E-state index is -3.83. The molecule has 0 radical (unpaired) electrons. The van der Waals surface area contributed by atoms with Crippen molar-refractivity contribution >= 4 is 15.7 Å². The van der Waals surface area contributed by atoms with E-state index < -0.39 is 10.0 Å². The van der Waals surface area contributed by atoms with Gasteiger partial charge in [0.1, 0.15) is 22.5 Å². The number of rotatable bonds is 9. The van der Waals surface area contributed by atoms with Crippen LogP contribution in [0.4, 0.5) is 5.69 Å². The van der Waals surface area contributed by atoms with Gasteiger partial charge in [-0.2, -0.15) is 5.26 Å². The molecule has 0 spiro atoms. The van der Waals surface area contributed by atoms with Crippen LogP contribution >= 0.6 is 0 Å².